The summed E-state index contributed by atoms with van der Waals surface area (Å²) in [6.45, 7) is 8.51. The Morgan fingerprint density at radius 1 is 1.20 bits per heavy atom. The molecule has 0 unspecified atom stereocenters. The topological polar surface area (TPSA) is 51.1 Å². The molecule has 25 heavy (non-hydrogen) atoms. The third-order valence-corrected chi connectivity index (χ3v) is 5.53. The molecule has 0 fully saturated rings. The van der Waals surface area contributed by atoms with E-state index in [4.69, 9.17) is 4.74 Å². The molecule has 0 bridgehead atoms. The number of hydrogen-bond acceptors (Lipinski definition) is 7. The zero-order valence-corrected chi connectivity index (χ0v) is 16.6. The number of nitrogens with zero attached hydrogens (tertiary/aromatic N) is 4. The lowest BCUT2D eigenvalue weighted by Gasteiger charge is -2.16. The Kier molecular flexibility index (Phi) is 5.78. The second kappa shape index (κ2) is 8.03. The van der Waals surface area contributed by atoms with Crippen molar-refractivity contribution in [3.63, 3.8) is 0 Å². The van der Waals surface area contributed by atoms with E-state index in [-0.39, 0.29) is 0 Å². The normalized spacial score (nSPS) is 11.2. The van der Waals surface area contributed by atoms with E-state index in [1.807, 2.05) is 5.38 Å². The zero-order valence-electron chi connectivity index (χ0n) is 14.9. The van der Waals surface area contributed by atoms with Crippen molar-refractivity contribution in [2.75, 3.05) is 20.1 Å². The first-order chi connectivity index (χ1) is 12.1. The molecule has 5 nitrogen and oxygen atoms in total. The van der Waals surface area contributed by atoms with Gasteiger partial charge in [0, 0.05) is 29.7 Å². The lowest BCUT2D eigenvalue weighted by atomic mass is 10.0. The molecule has 0 spiro atoms. The van der Waals surface area contributed by atoms with Crippen molar-refractivity contribution < 1.29 is 4.74 Å². The molecule has 0 aliphatic carbocycles. The fourth-order valence-corrected chi connectivity index (χ4v) is 3.64. The van der Waals surface area contributed by atoms with Crippen LogP contribution in [0.3, 0.4) is 0 Å². The Balaban J connectivity index is 1.73. The monoisotopic (exact) mass is 374 g/mol. The van der Waals surface area contributed by atoms with Crippen LogP contribution in [0, 0.1) is 13.8 Å². The Morgan fingerprint density at radius 3 is 2.76 bits per heavy atom. The molecule has 132 valence electrons. The second-order valence-electron chi connectivity index (χ2n) is 6.01. The Hall–Kier alpha value is -1.83. The largest absolute Gasteiger partial charge is 0.430 e. The van der Waals surface area contributed by atoms with E-state index in [2.05, 4.69) is 59.2 Å². The van der Waals surface area contributed by atoms with Crippen molar-refractivity contribution in [1.29, 1.82) is 0 Å². The molecular weight excluding hydrogens is 352 g/mol. The maximum Gasteiger partial charge on any atom is 0.299 e. The van der Waals surface area contributed by atoms with Crippen molar-refractivity contribution in [3.8, 4) is 21.8 Å². The molecular formula is C18H22N4OS2. The van der Waals surface area contributed by atoms with Crippen LogP contribution in [0.1, 0.15) is 23.6 Å². The maximum atomic E-state index is 5.98. The number of benzene rings is 1. The SMILES string of the molecule is CCN(C)CCc1cc(C)c(Oc2nc(-c3nccs3)ns2)cc1C. The van der Waals surface area contributed by atoms with Crippen LogP contribution in [0.25, 0.3) is 10.8 Å². The smallest absolute Gasteiger partial charge is 0.299 e. The van der Waals surface area contributed by atoms with Gasteiger partial charge in [0.25, 0.3) is 5.19 Å². The fourth-order valence-electron chi connectivity index (χ4n) is 2.46. The number of aryl methyl sites for hydroxylation is 2. The lowest BCUT2D eigenvalue weighted by molar-refractivity contribution is 0.357. The Bertz CT molecular complexity index is 830. The van der Waals surface area contributed by atoms with Gasteiger partial charge in [-0.2, -0.15) is 9.36 Å². The van der Waals surface area contributed by atoms with Crippen LogP contribution in [0.4, 0.5) is 0 Å². The van der Waals surface area contributed by atoms with Crippen molar-refractivity contribution in [1.82, 2.24) is 19.2 Å². The lowest BCUT2D eigenvalue weighted by Crippen LogP contribution is -2.20. The van der Waals surface area contributed by atoms with Gasteiger partial charge >= 0.3 is 0 Å². The summed E-state index contributed by atoms with van der Waals surface area (Å²) in [5.41, 5.74) is 3.73. The molecule has 0 N–H and O–H groups in total. The van der Waals surface area contributed by atoms with Gasteiger partial charge in [-0.05, 0) is 56.6 Å². The molecule has 2 heterocycles. The van der Waals surface area contributed by atoms with E-state index in [1.54, 1.807) is 6.20 Å². The van der Waals surface area contributed by atoms with Crippen LogP contribution in [0.2, 0.25) is 0 Å². The summed E-state index contributed by atoms with van der Waals surface area (Å²) in [5.74, 6) is 1.47. The average molecular weight is 375 g/mol. The van der Waals surface area contributed by atoms with Crippen LogP contribution in [0.5, 0.6) is 10.9 Å². The highest BCUT2D eigenvalue weighted by molar-refractivity contribution is 7.13. The molecule has 0 saturated carbocycles. The van der Waals surface area contributed by atoms with Gasteiger partial charge < -0.3 is 9.64 Å². The van der Waals surface area contributed by atoms with Crippen LogP contribution in [-0.4, -0.2) is 39.4 Å². The van der Waals surface area contributed by atoms with Crippen LogP contribution in [0.15, 0.2) is 23.7 Å². The molecule has 7 heteroatoms. The number of aromatic nitrogens is 3. The van der Waals surface area contributed by atoms with Gasteiger partial charge in [0.15, 0.2) is 5.01 Å². The van der Waals surface area contributed by atoms with Crippen molar-refractivity contribution in [3.05, 3.63) is 40.4 Å². The second-order valence-corrected chi connectivity index (χ2v) is 7.62. The molecule has 0 aliphatic heterocycles. The van der Waals surface area contributed by atoms with E-state index in [9.17, 15) is 0 Å². The zero-order chi connectivity index (χ0) is 17.8. The minimum Gasteiger partial charge on any atom is -0.430 e. The van der Waals surface area contributed by atoms with Crippen molar-refractivity contribution in [2.24, 2.45) is 0 Å². The highest BCUT2D eigenvalue weighted by Gasteiger charge is 2.13. The number of rotatable bonds is 7. The summed E-state index contributed by atoms with van der Waals surface area (Å²) < 4.78 is 10.3. The number of ether oxygens (including phenoxy) is 1. The van der Waals surface area contributed by atoms with Gasteiger partial charge in [0.05, 0.1) is 0 Å². The fraction of sp³-hybridized carbons (Fsp3) is 0.389. The van der Waals surface area contributed by atoms with Gasteiger partial charge in [-0.25, -0.2) is 4.98 Å². The maximum absolute atomic E-state index is 5.98. The van der Waals surface area contributed by atoms with Gasteiger partial charge in [0.2, 0.25) is 5.82 Å². The molecule has 0 aliphatic rings. The van der Waals surface area contributed by atoms with Gasteiger partial charge in [0.1, 0.15) is 5.75 Å². The Labute approximate surface area is 156 Å². The molecule has 3 rings (SSSR count). The van der Waals surface area contributed by atoms with Gasteiger partial charge in [-0.3, -0.25) is 0 Å². The molecule has 0 saturated heterocycles. The van der Waals surface area contributed by atoms with Crippen LogP contribution < -0.4 is 4.74 Å². The highest BCUT2D eigenvalue weighted by Crippen LogP contribution is 2.31. The third-order valence-electron chi connectivity index (χ3n) is 4.16. The Morgan fingerprint density at radius 2 is 2.04 bits per heavy atom. The van der Waals surface area contributed by atoms with Crippen LogP contribution >= 0.6 is 22.9 Å². The summed E-state index contributed by atoms with van der Waals surface area (Å²) in [6.07, 6.45) is 2.80. The minimum absolute atomic E-state index is 0.547. The molecule has 2 aromatic heterocycles. The molecule has 1 aromatic carbocycles. The number of thiazole rings is 1. The molecule has 0 atom stereocenters. The highest BCUT2D eigenvalue weighted by atomic mass is 32.1. The van der Waals surface area contributed by atoms with E-state index >= 15 is 0 Å². The van der Waals surface area contributed by atoms with Gasteiger partial charge in [-0.15, -0.1) is 11.3 Å². The molecule has 0 radical (unpaired) electrons. The first-order valence-electron chi connectivity index (χ1n) is 8.27. The standard InChI is InChI=1S/C18H22N4OS2/c1-5-22(4)8-6-14-10-13(3)15(11-12(14)2)23-18-20-16(21-25-18)17-19-7-9-24-17/h7,9-11H,5-6,8H2,1-4H3. The minimum atomic E-state index is 0.547. The summed E-state index contributed by atoms with van der Waals surface area (Å²) in [4.78, 5) is 11.0. The van der Waals surface area contributed by atoms with Crippen LogP contribution in [-0.2, 0) is 6.42 Å². The molecule has 3 aromatic rings. The van der Waals surface area contributed by atoms with E-state index in [0.29, 0.717) is 11.0 Å². The predicted molar refractivity (Wildman–Crippen MR) is 104 cm³/mol. The first-order valence-corrected chi connectivity index (χ1v) is 9.92. The van der Waals surface area contributed by atoms with Gasteiger partial charge in [-0.1, -0.05) is 13.0 Å². The number of likely N-dealkylation sites (N-methyl/N-ethyl adjacent to an activating group) is 1. The summed E-state index contributed by atoms with van der Waals surface area (Å²) in [7, 11) is 2.15. The van der Waals surface area contributed by atoms with E-state index in [0.717, 1.165) is 35.8 Å². The van der Waals surface area contributed by atoms with E-state index < -0.39 is 0 Å². The average Bonchev–Trinajstić information content (AvgIpc) is 3.27. The van der Waals surface area contributed by atoms with Crippen molar-refractivity contribution >= 4 is 22.9 Å². The predicted octanol–water partition coefficient (Wildman–Crippen LogP) is 4.56. The summed E-state index contributed by atoms with van der Waals surface area (Å²) >= 11 is 2.78. The summed E-state index contributed by atoms with van der Waals surface area (Å²) in [5, 5.41) is 3.28. The quantitative estimate of drug-likeness (QED) is 0.606. The first kappa shape index (κ1) is 18.0. The van der Waals surface area contributed by atoms with E-state index in [1.165, 1.54) is 34.0 Å². The molecule has 0 amide bonds. The number of hydrogen-bond donors (Lipinski definition) is 0. The summed E-state index contributed by atoms with van der Waals surface area (Å²) in [6, 6.07) is 4.32. The van der Waals surface area contributed by atoms with Crippen molar-refractivity contribution in [2.45, 2.75) is 27.2 Å². The third kappa shape index (κ3) is 4.42.